The van der Waals surface area contributed by atoms with Crippen LogP contribution in [0.1, 0.15) is 40.7 Å². The zero-order valence-corrected chi connectivity index (χ0v) is 20.9. The van der Waals surface area contributed by atoms with Gasteiger partial charge in [-0.25, -0.2) is 0 Å². The van der Waals surface area contributed by atoms with E-state index in [1.165, 1.54) is 4.90 Å². The highest BCUT2D eigenvalue weighted by Gasteiger charge is 2.29. The monoisotopic (exact) mass is 500 g/mol. The highest BCUT2D eigenvalue weighted by molar-refractivity contribution is 5.99. The second kappa shape index (κ2) is 12.2. The van der Waals surface area contributed by atoms with Crippen LogP contribution in [0.15, 0.2) is 72.8 Å². The van der Waals surface area contributed by atoms with Crippen LogP contribution in [0.25, 0.3) is 0 Å². The maximum absolute atomic E-state index is 13.2. The van der Waals surface area contributed by atoms with Crippen molar-refractivity contribution in [3.63, 3.8) is 0 Å². The lowest BCUT2D eigenvalue weighted by Crippen LogP contribution is -2.49. The van der Waals surface area contributed by atoms with Gasteiger partial charge in [0.05, 0.1) is 6.54 Å². The molecule has 1 fully saturated rings. The first-order valence-electron chi connectivity index (χ1n) is 12.4. The highest BCUT2D eigenvalue weighted by atomic mass is 16.5. The Morgan fingerprint density at radius 2 is 1.70 bits per heavy atom. The van der Waals surface area contributed by atoms with E-state index in [-0.39, 0.29) is 24.3 Å². The summed E-state index contributed by atoms with van der Waals surface area (Å²) in [5, 5.41) is 5.68. The summed E-state index contributed by atoms with van der Waals surface area (Å²) in [6.07, 6.45) is 2.06. The van der Waals surface area contributed by atoms with Gasteiger partial charge in [0.2, 0.25) is 11.8 Å². The van der Waals surface area contributed by atoms with Gasteiger partial charge in [-0.2, -0.15) is 0 Å². The van der Waals surface area contributed by atoms with E-state index in [0.29, 0.717) is 42.3 Å². The zero-order valence-electron chi connectivity index (χ0n) is 20.9. The molecule has 192 valence electrons. The molecule has 1 aliphatic rings. The molecule has 0 saturated carbocycles. The molecule has 8 nitrogen and oxygen atoms in total. The molecule has 3 aromatic carbocycles. The molecule has 4 N–H and O–H groups in total. The molecule has 3 amide bonds. The van der Waals surface area contributed by atoms with E-state index in [1.807, 2.05) is 49.4 Å². The molecule has 0 aliphatic carbocycles. The van der Waals surface area contributed by atoms with Gasteiger partial charge in [-0.05, 0) is 80.3 Å². The fourth-order valence-electron chi connectivity index (χ4n) is 4.20. The summed E-state index contributed by atoms with van der Waals surface area (Å²) in [4.78, 5) is 40.2. The molecule has 3 aromatic rings. The molecule has 0 bridgehead atoms. The van der Waals surface area contributed by atoms with Crippen molar-refractivity contribution in [1.29, 1.82) is 0 Å². The van der Waals surface area contributed by atoms with Gasteiger partial charge in [0.25, 0.3) is 5.91 Å². The Morgan fingerprint density at radius 1 is 1.00 bits per heavy atom. The average Bonchev–Trinajstić information content (AvgIpc) is 3.07. The number of nitrogens with two attached hydrogens (primary N) is 1. The summed E-state index contributed by atoms with van der Waals surface area (Å²) in [5.74, 6) is 0.433. The largest absolute Gasteiger partial charge is 0.457 e. The van der Waals surface area contributed by atoms with Crippen LogP contribution in [0.5, 0.6) is 11.5 Å². The number of aryl methyl sites for hydroxylation is 1. The minimum absolute atomic E-state index is 0.0803. The predicted molar refractivity (Wildman–Crippen MR) is 142 cm³/mol. The predicted octanol–water partition coefficient (Wildman–Crippen LogP) is 4.00. The zero-order chi connectivity index (χ0) is 26.2. The van der Waals surface area contributed by atoms with Gasteiger partial charge >= 0.3 is 0 Å². The van der Waals surface area contributed by atoms with E-state index in [1.54, 1.807) is 30.3 Å². The van der Waals surface area contributed by atoms with Crippen molar-refractivity contribution in [2.45, 2.75) is 38.8 Å². The number of amides is 3. The Labute approximate surface area is 216 Å². The minimum atomic E-state index is -0.688. The number of hydrogen-bond donors (Lipinski definition) is 3. The van der Waals surface area contributed by atoms with Gasteiger partial charge in [0, 0.05) is 24.3 Å². The summed E-state index contributed by atoms with van der Waals surface area (Å²) in [6, 6.07) is 21.1. The summed E-state index contributed by atoms with van der Waals surface area (Å²) < 4.78 is 5.82. The third-order valence-corrected chi connectivity index (χ3v) is 6.24. The first kappa shape index (κ1) is 25.9. The van der Waals surface area contributed by atoms with E-state index < -0.39 is 6.04 Å². The molecule has 4 rings (SSSR count). The molecule has 1 atom stereocenters. The Bertz CT molecular complexity index is 1240. The summed E-state index contributed by atoms with van der Waals surface area (Å²) in [5.41, 5.74) is 8.78. The van der Waals surface area contributed by atoms with Crippen molar-refractivity contribution in [3.8, 4) is 11.5 Å². The van der Waals surface area contributed by atoms with Crippen molar-refractivity contribution in [2.75, 3.05) is 18.4 Å². The van der Waals surface area contributed by atoms with Gasteiger partial charge in [0.15, 0.2) is 0 Å². The van der Waals surface area contributed by atoms with E-state index >= 15 is 0 Å². The highest BCUT2D eigenvalue weighted by Crippen LogP contribution is 2.22. The molecule has 1 aliphatic heterocycles. The van der Waals surface area contributed by atoms with Crippen LogP contribution < -0.4 is 21.1 Å². The fraction of sp³-hybridized carbons (Fsp3) is 0.276. The van der Waals surface area contributed by atoms with Crippen LogP contribution in [0, 0.1) is 6.92 Å². The van der Waals surface area contributed by atoms with E-state index in [9.17, 15) is 14.4 Å². The Balaban J connectivity index is 1.34. The molecular weight excluding hydrogens is 468 g/mol. The number of hydrogen-bond acceptors (Lipinski definition) is 5. The smallest absolute Gasteiger partial charge is 0.251 e. The van der Waals surface area contributed by atoms with Crippen molar-refractivity contribution in [3.05, 3.63) is 89.5 Å². The Morgan fingerprint density at radius 3 is 2.41 bits per heavy atom. The molecule has 1 unspecified atom stereocenters. The number of benzene rings is 3. The second-order valence-electron chi connectivity index (χ2n) is 9.17. The maximum Gasteiger partial charge on any atom is 0.251 e. The van der Waals surface area contributed by atoms with E-state index in [0.717, 1.165) is 24.0 Å². The topological polar surface area (TPSA) is 114 Å². The van der Waals surface area contributed by atoms with E-state index in [2.05, 4.69) is 10.6 Å². The average molecular weight is 501 g/mol. The van der Waals surface area contributed by atoms with Crippen molar-refractivity contribution < 1.29 is 19.1 Å². The van der Waals surface area contributed by atoms with Crippen molar-refractivity contribution in [1.82, 2.24) is 10.2 Å². The van der Waals surface area contributed by atoms with Crippen LogP contribution in [0.2, 0.25) is 0 Å². The third kappa shape index (κ3) is 7.17. The number of anilines is 1. The summed E-state index contributed by atoms with van der Waals surface area (Å²) in [7, 11) is 0. The maximum atomic E-state index is 13.2. The van der Waals surface area contributed by atoms with E-state index in [4.69, 9.17) is 10.5 Å². The van der Waals surface area contributed by atoms with Crippen molar-refractivity contribution >= 4 is 23.4 Å². The second-order valence-corrected chi connectivity index (χ2v) is 9.17. The Hall–Kier alpha value is -4.17. The molecule has 37 heavy (non-hydrogen) atoms. The normalized spacial score (nSPS) is 15.6. The van der Waals surface area contributed by atoms with Crippen LogP contribution in [0.4, 0.5) is 5.69 Å². The summed E-state index contributed by atoms with van der Waals surface area (Å²) >= 11 is 0. The number of nitrogens with one attached hydrogen (secondary N) is 2. The van der Waals surface area contributed by atoms with Crippen LogP contribution in [-0.4, -0.2) is 41.8 Å². The van der Waals surface area contributed by atoms with Crippen LogP contribution in [-0.2, 0) is 16.1 Å². The van der Waals surface area contributed by atoms with Gasteiger partial charge in [-0.15, -0.1) is 0 Å². The number of carbonyl (C=O) groups is 3. The lowest BCUT2D eigenvalue weighted by Gasteiger charge is -2.24. The Kier molecular flexibility index (Phi) is 8.53. The molecule has 0 radical (unpaired) electrons. The van der Waals surface area contributed by atoms with Gasteiger partial charge in [-0.1, -0.05) is 29.8 Å². The molecular formula is C29H32N4O4. The summed E-state index contributed by atoms with van der Waals surface area (Å²) in [6.45, 7) is 2.76. The van der Waals surface area contributed by atoms with Crippen molar-refractivity contribution in [2.24, 2.45) is 5.73 Å². The molecule has 1 saturated heterocycles. The van der Waals surface area contributed by atoms with Crippen LogP contribution in [0.3, 0.4) is 0 Å². The molecule has 1 heterocycles. The molecule has 0 aromatic heterocycles. The van der Waals surface area contributed by atoms with Crippen LogP contribution >= 0.6 is 0 Å². The first-order valence-corrected chi connectivity index (χ1v) is 12.4. The number of rotatable bonds is 8. The quantitative estimate of drug-likeness (QED) is 0.433. The number of carbonyl (C=O) groups excluding carboxylic acids is 3. The lowest BCUT2D eigenvalue weighted by molar-refractivity contribution is -0.135. The first-order chi connectivity index (χ1) is 17.9. The van der Waals surface area contributed by atoms with Gasteiger partial charge < -0.3 is 26.0 Å². The third-order valence-electron chi connectivity index (χ3n) is 6.24. The number of likely N-dealkylation sites (tertiary alicyclic amines) is 1. The molecule has 0 spiro atoms. The van der Waals surface area contributed by atoms with Gasteiger partial charge in [0.1, 0.15) is 17.5 Å². The molecule has 8 heteroatoms. The minimum Gasteiger partial charge on any atom is -0.457 e. The fourth-order valence-corrected chi connectivity index (χ4v) is 4.20. The SMILES string of the molecule is Cc1ccc(Oc2ccc(C(=O)NC3CCCCN(CC(=O)Nc4cccc(CN)c4)C3=O)cc2)cc1. The van der Waals surface area contributed by atoms with Gasteiger partial charge in [-0.3, -0.25) is 14.4 Å². The standard InChI is InChI=1S/C29H32N4O4/c1-20-8-12-24(13-9-20)37-25-14-10-22(11-15-25)28(35)32-26-7-2-3-16-33(29(26)36)19-27(34)31-23-6-4-5-21(17-23)18-30/h4-6,8-15,17,26H,2-3,7,16,18-19,30H2,1H3,(H,31,34)(H,32,35). The number of ether oxygens (including phenoxy) is 1. The lowest BCUT2D eigenvalue weighted by atomic mass is 10.1. The number of nitrogens with zero attached hydrogens (tertiary/aromatic N) is 1.